The van der Waals surface area contributed by atoms with Crippen LogP contribution in [0, 0.1) is 6.92 Å². The molecule has 0 aromatic heterocycles. The maximum absolute atomic E-state index is 12.4. The Balaban J connectivity index is 2.25. The summed E-state index contributed by atoms with van der Waals surface area (Å²) < 4.78 is 0. The van der Waals surface area contributed by atoms with E-state index in [1.54, 1.807) is 0 Å². The molecule has 1 aromatic rings. The number of carbonyl (C=O) groups is 1. The monoisotopic (exact) mass is 233 g/mol. The van der Waals surface area contributed by atoms with Gasteiger partial charge in [-0.1, -0.05) is 11.6 Å². The van der Waals surface area contributed by atoms with Crippen LogP contribution in [0.4, 0.5) is 5.69 Å². The zero-order valence-corrected chi connectivity index (χ0v) is 10.2. The highest BCUT2D eigenvalue weighted by Crippen LogP contribution is 2.20. The molecule has 4 heteroatoms. The molecule has 1 aromatic carbocycles. The number of aryl methyl sites for hydroxylation is 1. The van der Waals surface area contributed by atoms with Crippen molar-refractivity contribution in [2.75, 3.05) is 18.5 Å². The van der Waals surface area contributed by atoms with Crippen molar-refractivity contribution in [3.8, 4) is 0 Å². The fourth-order valence-electron chi connectivity index (χ4n) is 2.23. The molecule has 0 spiro atoms. The highest BCUT2D eigenvalue weighted by atomic mass is 16.2. The molecule has 1 saturated heterocycles. The van der Waals surface area contributed by atoms with Crippen LogP contribution in [0.25, 0.3) is 0 Å². The molecular weight excluding hydrogens is 214 g/mol. The molecule has 1 heterocycles. The number of hydrazine groups is 1. The van der Waals surface area contributed by atoms with Gasteiger partial charge in [0.15, 0.2) is 0 Å². The Morgan fingerprint density at radius 1 is 1.29 bits per heavy atom. The predicted octanol–water partition coefficient (Wildman–Crippen LogP) is 1.91. The number of piperidine rings is 1. The van der Waals surface area contributed by atoms with Gasteiger partial charge in [0.25, 0.3) is 5.91 Å². The second-order valence-corrected chi connectivity index (χ2v) is 4.55. The van der Waals surface area contributed by atoms with Gasteiger partial charge in [-0.2, -0.15) is 0 Å². The molecule has 0 unspecified atom stereocenters. The van der Waals surface area contributed by atoms with Gasteiger partial charge in [0, 0.05) is 13.1 Å². The molecule has 1 amide bonds. The molecule has 1 aliphatic rings. The van der Waals surface area contributed by atoms with E-state index in [-0.39, 0.29) is 5.91 Å². The molecule has 1 aliphatic heterocycles. The zero-order chi connectivity index (χ0) is 12.3. The first-order chi connectivity index (χ1) is 8.22. The minimum Gasteiger partial charge on any atom is -0.339 e. The maximum Gasteiger partial charge on any atom is 0.256 e. The van der Waals surface area contributed by atoms with Gasteiger partial charge < -0.3 is 10.3 Å². The first-order valence-corrected chi connectivity index (χ1v) is 6.09. The van der Waals surface area contributed by atoms with Gasteiger partial charge in [-0.3, -0.25) is 10.6 Å². The van der Waals surface area contributed by atoms with Crippen molar-refractivity contribution in [1.82, 2.24) is 4.90 Å². The van der Waals surface area contributed by atoms with Crippen molar-refractivity contribution >= 4 is 11.6 Å². The van der Waals surface area contributed by atoms with Crippen LogP contribution in [-0.4, -0.2) is 23.9 Å². The molecule has 4 nitrogen and oxygen atoms in total. The van der Waals surface area contributed by atoms with Crippen LogP contribution in [0.5, 0.6) is 0 Å². The third kappa shape index (κ3) is 2.58. The Morgan fingerprint density at radius 2 is 2.00 bits per heavy atom. The number of likely N-dealkylation sites (tertiary alicyclic amines) is 1. The van der Waals surface area contributed by atoms with Crippen molar-refractivity contribution in [3.05, 3.63) is 29.3 Å². The molecule has 17 heavy (non-hydrogen) atoms. The van der Waals surface area contributed by atoms with Crippen LogP contribution < -0.4 is 11.3 Å². The molecule has 0 saturated carbocycles. The topological polar surface area (TPSA) is 58.4 Å². The lowest BCUT2D eigenvalue weighted by molar-refractivity contribution is 0.0725. The second-order valence-electron chi connectivity index (χ2n) is 4.55. The van der Waals surface area contributed by atoms with Gasteiger partial charge in [-0.05, 0) is 38.3 Å². The molecule has 3 N–H and O–H groups in total. The number of nitrogens with zero attached hydrogens (tertiary/aromatic N) is 1. The Morgan fingerprint density at radius 3 is 2.65 bits per heavy atom. The number of amides is 1. The van der Waals surface area contributed by atoms with Crippen molar-refractivity contribution in [2.45, 2.75) is 26.2 Å². The molecule has 1 fully saturated rings. The summed E-state index contributed by atoms with van der Waals surface area (Å²) in [7, 11) is 0. The molecule has 92 valence electrons. The number of rotatable bonds is 2. The van der Waals surface area contributed by atoms with E-state index in [1.807, 2.05) is 30.0 Å². The van der Waals surface area contributed by atoms with Crippen LogP contribution >= 0.6 is 0 Å². The number of nitrogens with two attached hydrogens (primary N) is 1. The number of hydrogen-bond donors (Lipinski definition) is 2. The Labute approximate surface area is 102 Å². The molecule has 0 atom stereocenters. The van der Waals surface area contributed by atoms with Crippen molar-refractivity contribution < 1.29 is 4.79 Å². The third-order valence-corrected chi connectivity index (χ3v) is 3.20. The molecule has 0 bridgehead atoms. The second kappa shape index (κ2) is 5.19. The lowest BCUT2D eigenvalue weighted by atomic mass is 10.1. The summed E-state index contributed by atoms with van der Waals surface area (Å²) in [6.45, 7) is 3.70. The van der Waals surface area contributed by atoms with Crippen LogP contribution in [0.15, 0.2) is 18.2 Å². The lowest BCUT2D eigenvalue weighted by Crippen LogP contribution is -2.36. The average molecular weight is 233 g/mol. The summed E-state index contributed by atoms with van der Waals surface area (Å²) in [5.74, 6) is 5.53. The largest absolute Gasteiger partial charge is 0.339 e. The van der Waals surface area contributed by atoms with Crippen LogP contribution in [0.2, 0.25) is 0 Å². The Kier molecular flexibility index (Phi) is 3.64. The van der Waals surface area contributed by atoms with E-state index in [0.29, 0.717) is 11.3 Å². The SMILES string of the molecule is Cc1ccc(NN)c(C(=O)N2CCCCC2)c1. The lowest BCUT2D eigenvalue weighted by Gasteiger charge is -2.27. The first-order valence-electron chi connectivity index (χ1n) is 6.09. The number of benzene rings is 1. The molecule has 0 aliphatic carbocycles. The van der Waals surface area contributed by atoms with Gasteiger partial charge in [0.2, 0.25) is 0 Å². The number of anilines is 1. The van der Waals surface area contributed by atoms with E-state index in [2.05, 4.69) is 5.43 Å². The smallest absolute Gasteiger partial charge is 0.256 e. The van der Waals surface area contributed by atoms with Crippen LogP contribution in [-0.2, 0) is 0 Å². The zero-order valence-electron chi connectivity index (χ0n) is 10.2. The summed E-state index contributed by atoms with van der Waals surface area (Å²) >= 11 is 0. The van der Waals surface area contributed by atoms with E-state index in [4.69, 9.17) is 5.84 Å². The highest BCUT2D eigenvalue weighted by Gasteiger charge is 2.20. The van der Waals surface area contributed by atoms with Crippen LogP contribution in [0.1, 0.15) is 35.2 Å². The Hall–Kier alpha value is -1.55. The highest BCUT2D eigenvalue weighted by molar-refractivity contribution is 5.99. The quantitative estimate of drug-likeness (QED) is 0.606. The van der Waals surface area contributed by atoms with E-state index in [1.165, 1.54) is 6.42 Å². The van der Waals surface area contributed by atoms with Gasteiger partial charge in [-0.25, -0.2) is 0 Å². The van der Waals surface area contributed by atoms with Gasteiger partial charge >= 0.3 is 0 Å². The normalized spacial score (nSPS) is 15.8. The first kappa shape index (κ1) is 11.9. The van der Waals surface area contributed by atoms with Crippen molar-refractivity contribution in [2.24, 2.45) is 5.84 Å². The maximum atomic E-state index is 12.4. The number of nitrogens with one attached hydrogen (secondary N) is 1. The van der Waals surface area contributed by atoms with Crippen molar-refractivity contribution in [1.29, 1.82) is 0 Å². The van der Waals surface area contributed by atoms with E-state index in [0.717, 1.165) is 31.5 Å². The number of hydrogen-bond acceptors (Lipinski definition) is 3. The summed E-state index contributed by atoms with van der Waals surface area (Å²) in [4.78, 5) is 14.3. The standard InChI is InChI=1S/C13H19N3O/c1-10-5-6-12(15-14)11(9-10)13(17)16-7-3-2-4-8-16/h5-6,9,15H,2-4,7-8,14H2,1H3. The fraction of sp³-hybridized carbons (Fsp3) is 0.462. The summed E-state index contributed by atoms with van der Waals surface area (Å²) in [6, 6.07) is 5.70. The molecular formula is C13H19N3O. The molecule has 0 radical (unpaired) electrons. The summed E-state index contributed by atoms with van der Waals surface area (Å²) in [5, 5.41) is 0. The predicted molar refractivity (Wildman–Crippen MR) is 68.7 cm³/mol. The van der Waals surface area contributed by atoms with Crippen molar-refractivity contribution in [3.63, 3.8) is 0 Å². The number of carbonyl (C=O) groups excluding carboxylic acids is 1. The van der Waals surface area contributed by atoms with E-state index in [9.17, 15) is 4.79 Å². The third-order valence-electron chi connectivity index (χ3n) is 3.20. The van der Waals surface area contributed by atoms with E-state index >= 15 is 0 Å². The fourth-order valence-corrected chi connectivity index (χ4v) is 2.23. The van der Waals surface area contributed by atoms with Gasteiger partial charge in [0.1, 0.15) is 0 Å². The Bertz CT molecular complexity index is 411. The van der Waals surface area contributed by atoms with E-state index < -0.39 is 0 Å². The minimum absolute atomic E-state index is 0.0846. The minimum atomic E-state index is 0.0846. The summed E-state index contributed by atoms with van der Waals surface area (Å²) in [6.07, 6.45) is 3.42. The van der Waals surface area contributed by atoms with Gasteiger partial charge in [0.05, 0.1) is 11.3 Å². The average Bonchev–Trinajstić information content (AvgIpc) is 2.39. The molecule has 2 rings (SSSR count). The van der Waals surface area contributed by atoms with Crippen LogP contribution in [0.3, 0.4) is 0 Å². The summed E-state index contributed by atoms with van der Waals surface area (Å²) in [5.41, 5.74) is 5.04. The van der Waals surface area contributed by atoms with Gasteiger partial charge in [-0.15, -0.1) is 0 Å². The number of nitrogen functional groups attached to an aromatic ring is 1.